The van der Waals surface area contributed by atoms with Gasteiger partial charge in [-0.1, -0.05) is 20.3 Å². The molecule has 0 radical (unpaired) electrons. The number of carbonyl (C=O) groups is 4. The molecule has 0 heterocycles. The van der Waals surface area contributed by atoms with Crippen LogP contribution in [0.25, 0.3) is 0 Å². The minimum atomic E-state index is -1.16. The van der Waals surface area contributed by atoms with Gasteiger partial charge in [0, 0.05) is 6.54 Å². The second-order valence-corrected chi connectivity index (χ2v) is 10.4. The van der Waals surface area contributed by atoms with E-state index in [2.05, 4.69) is 20.9 Å². The lowest BCUT2D eigenvalue weighted by Crippen LogP contribution is -2.58. The number of rotatable bonds is 19. The molecule has 3 amide bonds. The van der Waals surface area contributed by atoms with Gasteiger partial charge in [0.05, 0.1) is 6.04 Å². The Morgan fingerprint density at radius 1 is 0.889 bits per heavy atom. The van der Waals surface area contributed by atoms with E-state index < -0.39 is 47.9 Å². The SMILES string of the molecule is CCC(C)C(NC(=O)C(N)CCSC)C(=O)NC(CCCN=C(N)N)C(=O)NC(CCSC)C(=O)O. The summed E-state index contributed by atoms with van der Waals surface area (Å²) < 4.78 is 0. The minimum absolute atomic E-state index is 0.0968. The van der Waals surface area contributed by atoms with Crippen LogP contribution in [0, 0.1) is 5.92 Å². The molecule has 14 heteroatoms. The molecule has 0 aliphatic carbocycles. The van der Waals surface area contributed by atoms with E-state index in [4.69, 9.17) is 17.2 Å². The molecule has 0 aromatic rings. The molecule has 0 saturated heterocycles. The van der Waals surface area contributed by atoms with E-state index >= 15 is 0 Å². The van der Waals surface area contributed by atoms with Crippen molar-refractivity contribution in [2.45, 2.75) is 70.1 Å². The molecule has 0 rings (SSSR count). The van der Waals surface area contributed by atoms with E-state index in [1.807, 2.05) is 26.4 Å². The summed E-state index contributed by atoms with van der Waals surface area (Å²) in [6.07, 6.45) is 5.56. The van der Waals surface area contributed by atoms with Crippen molar-refractivity contribution in [2.75, 3.05) is 30.6 Å². The molecule has 0 saturated carbocycles. The Morgan fingerprint density at radius 2 is 1.47 bits per heavy atom. The number of aliphatic imine (C=N–C) groups is 1. The highest BCUT2D eigenvalue weighted by atomic mass is 32.2. The van der Waals surface area contributed by atoms with E-state index in [1.165, 1.54) is 11.8 Å². The number of amides is 3. The number of aliphatic carboxylic acids is 1. The molecule has 0 aromatic heterocycles. The fourth-order valence-electron chi connectivity index (χ4n) is 3.14. The summed E-state index contributed by atoms with van der Waals surface area (Å²) in [5, 5.41) is 17.4. The Labute approximate surface area is 222 Å². The first-order chi connectivity index (χ1) is 17.0. The van der Waals surface area contributed by atoms with Gasteiger partial charge < -0.3 is 38.3 Å². The van der Waals surface area contributed by atoms with Gasteiger partial charge in [0.25, 0.3) is 0 Å². The fraction of sp³-hybridized carbons (Fsp3) is 0.773. The van der Waals surface area contributed by atoms with E-state index in [0.29, 0.717) is 30.8 Å². The van der Waals surface area contributed by atoms with E-state index in [0.717, 1.165) is 0 Å². The van der Waals surface area contributed by atoms with Crippen LogP contribution < -0.4 is 33.2 Å². The van der Waals surface area contributed by atoms with Crippen molar-refractivity contribution < 1.29 is 24.3 Å². The van der Waals surface area contributed by atoms with Crippen LogP contribution in [0.1, 0.15) is 46.0 Å². The van der Waals surface area contributed by atoms with Gasteiger partial charge in [0.1, 0.15) is 18.1 Å². The second-order valence-electron chi connectivity index (χ2n) is 8.45. The lowest BCUT2D eigenvalue weighted by molar-refractivity contribution is -0.142. The number of hydrogen-bond donors (Lipinski definition) is 7. The minimum Gasteiger partial charge on any atom is -0.480 e. The van der Waals surface area contributed by atoms with E-state index in [9.17, 15) is 24.3 Å². The number of carboxylic acids is 1. The molecule has 0 bridgehead atoms. The second kappa shape index (κ2) is 19.0. The van der Waals surface area contributed by atoms with Gasteiger partial charge >= 0.3 is 5.97 Å². The van der Waals surface area contributed by atoms with Crippen LogP contribution in [-0.2, 0) is 19.2 Å². The highest BCUT2D eigenvalue weighted by molar-refractivity contribution is 7.98. The normalized spacial score (nSPS) is 15.0. The summed E-state index contributed by atoms with van der Waals surface area (Å²) in [6.45, 7) is 3.93. The van der Waals surface area contributed by atoms with Crippen LogP contribution in [0.4, 0.5) is 0 Å². The molecule has 0 aliphatic heterocycles. The standard InChI is InChI=1S/C22H43N7O5S2/c1-5-13(2)17(29-18(30)14(23)8-11-35-3)20(32)27-15(7-6-10-26-22(24)25)19(31)28-16(21(33)34)9-12-36-4/h13-17H,5-12,23H2,1-4H3,(H,27,32)(H,28,31)(H,29,30)(H,33,34)(H4,24,25,26). The molecule has 10 N–H and O–H groups in total. The first-order valence-electron chi connectivity index (χ1n) is 11.9. The zero-order valence-electron chi connectivity index (χ0n) is 21.6. The quantitative estimate of drug-likeness (QED) is 0.0620. The monoisotopic (exact) mass is 549 g/mol. The predicted molar refractivity (Wildman–Crippen MR) is 147 cm³/mol. The van der Waals surface area contributed by atoms with Crippen molar-refractivity contribution in [1.82, 2.24) is 16.0 Å². The summed E-state index contributed by atoms with van der Waals surface area (Å²) in [4.78, 5) is 54.3. The zero-order chi connectivity index (χ0) is 27.7. The van der Waals surface area contributed by atoms with E-state index in [-0.39, 0.29) is 31.3 Å². The zero-order valence-corrected chi connectivity index (χ0v) is 23.3. The topological polar surface area (TPSA) is 215 Å². The summed E-state index contributed by atoms with van der Waals surface area (Å²) in [7, 11) is 0. The van der Waals surface area contributed by atoms with Crippen LogP contribution in [0.3, 0.4) is 0 Å². The average Bonchev–Trinajstić information content (AvgIpc) is 2.83. The maximum atomic E-state index is 13.2. The Balaban J connectivity index is 5.61. The third kappa shape index (κ3) is 13.8. The van der Waals surface area contributed by atoms with Crippen molar-refractivity contribution in [3.63, 3.8) is 0 Å². The van der Waals surface area contributed by atoms with Gasteiger partial charge in [-0.3, -0.25) is 19.4 Å². The van der Waals surface area contributed by atoms with E-state index in [1.54, 1.807) is 11.8 Å². The molecule has 36 heavy (non-hydrogen) atoms. The Bertz CT molecular complexity index is 738. The van der Waals surface area contributed by atoms with Crippen molar-refractivity contribution in [3.05, 3.63) is 0 Å². The Kier molecular flexibility index (Phi) is 17.8. The van der Waals surface area contributed by atoms with Crippen LogP contribution in [0.5, 0.6) is 0 Å². The van der Waals surface area contributed by atoms with Gasteiger partial charge in [0.15, 0.2) is 5.96 Å². The third-order valence-electron chi connectivity index (χ3n) is 5.57. The molecular formula is C22H43N7O5S2. The number of nitrogens with zero attached hydrogens (tertiary/aromatic N) is 1. The molecular weight excluding hydrogens is 506 g/mol. The van der Waals surface area contributed by atoms with Crippen molar-refractivity contribution in [3.8, 4) is 0 Å². The summed E-state index contributed by atoms with van der Waals surface area (Å²) in [5.41, 5.74) is 16.6. The lowest BCUT2D eigenvalue weighted by Gasteiger charge is -2.28. The first-order valence-corrected chi connectivity index (χ1v) is 14.7. The molecule has 208 valence electrons. The molecule has 0 aliphatic rings. The number of thioether (sulfide) groups is 2. The molecule has 5 atom stereocenters. The van der Waals surface area contributed by atoms with Crippen molar-refractivity contribution >= 4 is 53.2 Å². The van der Waals surface area contributed by atoms with Crippen LogP contribution >= 0.6 is 23.5 Å². The summed E-state index contributed by atoms with van der Waals surface area (Å²) in [6, 6.07) is -3.82. The summed E-state index contributed by atoms with van der Waals surface area (Å²) >= 11 is 3.03. The van der Waals surface area contributed by atoms with Crippen molar-refractivity contribution in [2.24, 2.45) is 28.1 Å². The molecule has 0 aromatic carbocycles. The largest absolute Gasteiger partial charge is 0.480 e. The molecule has 0 spiro atoms. The molecule has 5 unspecified atom stereocenters. The van der Waals surface area contributed by atoms with Gasteiger partial charge in [-0.15, -0.1) is 0 Å². The maximum Gasteiger partial charge on any atom is 0.326 e. The number of carbonyl (C=O) groups excluding carboxylic acids is 3. The number of carboxylic acid groups (broad SMARTS) is 1. The lowest BCUT2D eigenvalue weighted by atomic mass is 9.97. The van der Waals surface area contributed by atoms with Crippen LogP contribution in [0.15, 0.2) is 4.99 Å². The highest BCUT2D eigenvalue weighted by Gasteiger charge is 2.32. The third-order valence-corrected chi connectivity index (χ3v) is 6.85. The number of guanidine groups is 1. The number of hydrogen-bond acceptors (Lipinski definition) is 8. The molecule has 0 fully saturated rings. The molecule has 12 nitrogen and oxygen atoms in total. The number of nitrogens with one attached hydrogen (secondary N) is 3. The van der Waals surface area contributed by atoms with Crippen LogP contribution in [-0.4, -0.2) is 89.5 Å². The fourth-order valence-corrected chi connectivity index (χ4v) is 4.10. The van der Waals surface area contributed by atoms with Gasteiger partial charge in [-0.2, -0.15) is 23.5 Å². The summed E-state index contributed by atoms with van der Waals surface area (Å²) in [5.74, 6) is -1.87. The van der Waals surface area contributed by atoms with Gasteiger partial charge in [0.2, 0.25) is 17.7 Å². The Hall–Kier alpha value is -2.19. The highest BCUT2D eigenvalue weighted by Crippen LogP contribution is 2.11. The smallest absolute Gasteiger partial charge is 0.326 e. The Morgan fingerprint density at radius 3 is 2.00 bits per heavy atom. The number of nitrogens with two attached hydrogens (primary N) is 3. The predicted octanol–water partition coefficient (Wildman–Crippen LogP) is -0.541. The first kappa shape index (κ1) is 33.8. The average molecular weight is 550 g/mol. The van der Waals surface area contributed by atoms with Gasteiger partial charge in [-0.05, 0) is 55.6 Å². The van der Waals surface area contributed by atoms with Crippen LogP contribution in [0.2, 0.25) is 0 Å². The van der Waals surface area contributed by atoms with Crippen molar-refractivity contribution in [1.29, 1.82) is 0 Å². The maximum absolute atomic E-state index is 13.2. The van der Waals surface area contributed by atoms with Gasteiger partial charge in [-0.25, -0.2) is 4.79 Å².